The van der Waals surface area contributed by atoms with E-state index in [2.05, 4.69) is 44.4 Å². The van der Waals surface area contributed by atoms with E-state index in [9.17, 15) is 9.59 Å². The average Bonchev–Trinajstić information content (AvgIpc) is 3.50. The van der Waals surface area contributed by atoms with Crippen LogP contribution < -0.4 is 14.5 Å². The molecule has 2 aromatic carbocycles. The molecule has 1 fully saturated rings. The van der Waals surface area contributed by atoms with Crippen LogP contribution in [0.1, 0.15) is 35.2 Å². The molecule has 0 radical (unpaired) electrons. The zero-order valence-corrected chi connectivity index (χ0v) is 23.9. The molecule has 0 spiro atoms. The summed E-state index contributed by atoms with van der Waals surface area (Å²) < 4.78 is 12.9. The van der Waals surface area contributed by atoms with Crippen molar-refractivity contribution in [3.63, 3.8) is 0 Å². The Morgan fingerprint density at radius 1 is 0.951 bits per heavy atom. The molecule has 212 valence electrons. The Bertz CT molecular complexity index is 1500. The fourth-order valence-corrected chi connectivity index (χ4v) is 6.34. The number of ether oxygens (including phenoxy) is 2. The molecule has 9 heteroatoms. The fraction of sp³-hybridized carbons (Fsp3) is 0.344. The fourth-order valence-electron chi connectivity index (χ4n) is 5.53. The number of nitrogens with zero attached hydrogens (tertiary/aromatic N) is 4. The van der Waals surface area contributed by atoms with Crippen molar-refractivity contribution in [2.45, 2.75) is 25.7 Å². The molecule has 0 N–H and O–H groups in total. The molecule has 2 aliphatic heterocycles. The maximum atomic E-state index is 12.7. The number of anilines is 2. The molecule has 0 unspecified atom stereocenters. The van der Waals surface area contributed by atoms with Gasteiger partial charge in [-0.05, 0) is 73.1 Å². The van der Waals surface area contributed by atoms with Crippen molar-refractivity contribution in [2.75, 3.05) is 55.9 Å². The van der Waals surface area contributed by atoms with E-state index in [1.807, 2.05) is 18.2 Å². The summed E-state index contributed by atoms with van der Waals surface area (Å²) in [6, 6.07) is 18.0. The second kappa shape index (κ2) is 12.7. The van der Waals surface area contributed by atoms with Gasteiger partial charge in [-0.2, -0.15) is 0 Å². The highest BCUT2D eigenvalue weighted by Gasteiger charge is 2.26. The predicted molar refractivity (Wildman–Crippen MR) is 162 cm³/mol. The molecule has 4 aromatic rings. The number of carbonyl (C=O) groups is 2. The Balaban J connectivity index is 0.955. The normalized spacial score (nSPS) is 15.7. The van der Waals surface area contributed by atoms with Crippen LogP contribution in [-0.4, -0.2) is 67.8 Å². The SMILES string of the molecule is O=C(OCN1C(=O)CCc2ccc(OCCCCN3CCN(c4cccc5sccc45)CC3)cc21)c1cccnc1. The number of unbranched alkanes of at least 4 members (excludes halogenated alkanes) is 1. The lowest BCUT2D eigenvalue weighted by molar-refractivity contribution is -0.119. The van der Waals surface area contributed by atoms with E-state index >= 15 is 0 Å². The topological polar surface area (TPSA) is 75.2 Å². The molecule has 6 rings (SSSR count). The molecular weight excluding hydrogens is 536 g/mol. The van der Waals surface area contributed by atoms with Crippen LogP contribution in [0.2, 0.25) is 0 Å². The van der Waals surface area contributed by atoms with Gasteiger partial charge in [-0.1, -0.05) is 12.1 Å². The summed E-state index contributed by atoms with van der Waals surface area (Å²) >= 11 is 1.80. The summed E-state index contributed by atoms with van der Waals surface area (Å²) in [4.78, 5) is 35.6. The Kier molecular flexibility index (Phi) is 8.44. The van der Waals surface area contributed by atoms with Gasteiger partial charge >= 0.3 is 5.97 Å². The van der Waals surface area contributed by atoms with Gasteiger partial charge in [0.05, 0.1) is 17.9 Å². The van der Waals surface area contributed by atoms with E-state index in [-0.39, 0.29) is 12.6 Å². The highest BCUT2D eigenvalue weighted by Crippen LogP contribution is 2.32. The molecule has 0 atom stereocenters. The van der Waals surface area contributed by atoms with Gasteiger partial charge in [-0.15, -0.1) is 11.3 Å². The molecule has 8 nitrogen and oxygen atoms in total. The van der Waals surface area contributed by atoms with Crippen LogP contribution in [0.25, 0.3) is 10.1 Å². The molecule has 0 saturated carbocycles. The third kappa shape index (κ3) is 6.36. The number of hydrogen-bond acceptors (Lipinski definition) is 8. The van der Waals surface area contributed by atoms with E-state index in [0.29, 0.717) is 25.0 Å². The number of fused-ring (bicyclic) bond motifs is 2. The summed E-state index contributed by atoms with van der Waals surface area (Å²) in [7, 11) is 0. The number of hydrogen-bond donors (Lipinski definition) is 0. The lowest BCUT2D eigenvalue weighted by Crippen LogP contribution is -2.46. The van der Waals surface area contributed by atoms with Crippen molar-refractivity contribution in [3.05, 3.63) is 83.5 Å². The zero-order chi connectivity index (χ0) is 28.0. The predicted octanol–water partition coefficient (Wildman–Crippen LogP) is 5.37. The largest absolute Gasteiger partial charge is 0.494 e. The number of aryl methyl sites for hydroxylation is 1. The lowest BCUT2D eigenvalue weighted by Gasteiger charge is -2.36. The number of thiophene rings is 1. The number of pyridine rings is 1. The van der Waals surface area contributed by atoms with Crippen molar-refractivity contribution >= 4 is 44.7 Å². The number of amides is 1. The van der Waals surface area contributed by atoms with Gasteiger partial charge in [-0.25, -0.2) is 4.79 Å². The molecule has 2 aromatic heterocycles. The van der Waals surface area contributed by atoms with Gasteiger partial charge in [0.1, 0.15) is 5.75 Å². The molecule has 2 aliphatic rings. The van der Waals surface area contributed by atoms with Gasteiger partial charge in [0, 0.05) is 66.8 Å². The second-order valence-corrected chi connectivity index (χ2v) is 11.4. The third-order valence-corrected chi connectivity index (χ3v) is 8.68. The summed E-state index contributed by atoms with van der Waals surface area (Å²) in [6.45, 7) is 5.78. The quantitative estimate of drug-likeness (QED) is 0.187. The van der Waals surface area contributed by atoms with E-state index in [0.717, 1.165) is 62.6 Å². The minimum absolute atomic E-state index is 0.0688. The molecule has 1 amide bonds. The summed E-state index contributed by atoms with van der Waals surface area (Å²) in [5.41, 5.74) is 3.50. The highest BCUT2D eigenvalue weighted by molar-refractivity contribution is 7.17. The van der Waals surface area contributed by atoms with Crippen molar-refractivity contribution in [2.24, 2.45) is 0 Å². The van der Waals surface area contributed by atoms with Gasteiger partial charge in [0.25, 0.3) is 0 Å². The first-order valence-corrected chi connectivity index (χ1v) is 15.1. The van der Waals surface area contributed by atoms with Crippen molar-refractivity contribution in [1.82, 2.24) is 9.88 Å². The van der Waals surface area contributed by atoms with Crippen molar-refractivity contribution < 1.29 is 19.1 Å². The van der Waals surface area contributed by atoms with Gasteiger partial charge in [0.2, 0.25) is 5.91 Å². The van der Waals surface area contributed by atoms with Gasteiger partial charge < -0.3 is 14.4 Å². The number of piperazine rings is 1. The number of esters is 1. The lowest BCUT2D eigenvalue weighted by atomic mass is 10.0. The summed E-state index contributed by atoms with van der Waals surface area (Å²) in [5.74, 6) is 0.144. The molecule has 0 bridgehead atoms. The van der Waals surface area contributed by atoms with Crippen LogP contribution in [0.5, 0.6) is 5.75 Å². The Morgan fingerprint density at radius 3 is 2.71 bits per heavy atom. The maximum absolute atomic E-state index is 12.7. The van der Waals surface area contributed by atoms with E-state index in [1.54, 1.807) is 29.7 Å². The summed E-state index contributed by atoms with van der Waals surface area (Å²) in [6.07, 6.45) is 6.12. The second-order valence-electron chi connectivity index (χ2n) is 10.4. The first-order chi connectivity index (χ1) is 20.2. The average molecular weight is 571 g/mol. The zero-order valence-electron chi connectivity index (χ0n) is 23.0. The molecular formula is C32H34N4O4S. The first-order valence-electron chi connectivity index (χ1n) is 14.2. The minimum Gasteiger partial charge on any atom is -0.494 e. The van der Waals surface area contributed by atoms with E-state index < -0.39 is 5.97 Å². The third-order valence-electron chi connectivity index (χ3n) is 7.80. The Morgan fingerprint density at radius 2 is 1.85 bits per heavy atom. The van der Waals surface area contributed by atoms with Crippen LogP contribution in [0.3, 0.4) is 0 Å². The Hall–Kier alpha value is -3.95. The summed E-state index contributed by atoms with van der Waals surface area (Å²) in [5, 5.41) is 3.54. The van der Waals surface area contributed by atoms with Gasteiger partial charge in [-0.3, -0.25) is 19.6 Å². The highest BCUT2D eigenvalue weighted by atomic mass is 32.1. The number of carbonyl (C=O) groups excluding carboxylic acids is 2. The van der Waals surface area contributed by atoms with E-state index in [1.165, 1.54) is 26.9 Å². The van der Waals surface area contributed by atoms with Crippen LogP contribution in [-0.2, 0) is 16.0 Å². The van der Waals surface area contributed by atoms with Crippen LogP contribution >= 0.6 is 11.3 Å². The van der Waals surface area contributed by atoms with Crippen LogP contribution in [0.4, 0.5) is 11.4 Å². The molecule has 1 saturated heterocycles. The Labute approximate surface area is 244 Å². The number of benzene rings is 2. The molecule has 41 heavy (non-hydrogen) atoms. The molecule has 4 heterocycles. The van der Waals surface area contributed by atoms with Gasteiger partial charge in [0.15, 0.2) is 6.73 Å². The van der Waals surface area contributed by atoms with Crippen molar-refractivity contribution in [3.8, 4) is 5.75 Å². The smallest absolute Gasteiger partial charge is 0.341 e. The van der Waals surface area contributed by atoms with Crippen molar-refractivity contribution in [1.29, 1.82) is 0 Å². The first kappa shape index (κ1) is 27.2. The standard InChI is InChI=1S/C32H34N4O4S/c37-31-11-9-24-8-10-26(21-29(24)36(31)23-40-32(38)25-5-4-13-33-22-25)39-19-2-1-14-34-15-17-35(18-16-34)28-6-3-7-30-27(28)12-20-41-30/h3-8,10,12-13,20-22H,1-2,9,11,14-19,23H2. The van der Waals surface area contributed by atoms with E-state index in [4.69, 9.17) is 9.47 Å². The van der Waals surface area contributed by atoms with Crippen LogP contribution in [0, 0.1) is 0 Å². The maximum Gasteiger partial charge on any atom is 0.341 e. The number of rotatable bonds is 10. The van der Waals surface area contributed by atoms with Crippen LogP contribution in [0.15, 0.2) is 72.4 Å². The molecule has 0 aliphatic carbocycles. The monoisotopic (exact) mass is 570 g/mol. The minimum atomic E-state index is -0.508. The number of aromatic nitrogens is 1.